The van der Waals surface area contributed by atoms with Crippen molar-refractivity contribution in [3.63, 3.8) is 0 Å². The third-order valence-corrected chi connectivity index (χ3v) is 3.47. The van der Waals surface area contributed by atoms with E-state index in [1.54, 1.807) is 11.3 Å². The van der Waals surface area contributed by atoms with Gasteiger partial charge in [0.1, 0.15) is 6.10 Å². The number of nitrogens with zero attached hydrogens (tertiary/aromatic N) is 1. The molecular formula is C10H15NOS. The van der Waals surface area contributed by atoms with Gasteiger partial charge in [0.05, 0.1) is 0 Å². The standard InChI is InChI=1S/C10H15NOS/c12-9(10-4-3-7-13-10)8-11-5-1-2-6-11/h3-4,7,9,12H,1-2,5-6,8H2. The molecule has 2 nitrogen and oxygen atoms in total. The van der Waals surface area contributed by atoms with Crippen LogP contribution in [-0.4, -0.2) is 29.6 Å². The van der Waals surface area contributed by atoms with E-state index in [0.717, 1.165) is 24.5 Å². The quantitative estimate of drug-likeness (QED) is 0.799. The van der Waals surface area contributed by atoms with Crippen LogP contribution in [0.4, 0.5) is 0 Å². The van der Waals surface area contributed by atoms with Crippen molar-refractivity contribution in [2.24, 2.45) is 0 Å². The van der Waals surface area contributed by atoms with Crippen LogP contribution in [0.3, 0.4) is 0 Å². The molecule has 1 fully saturated rings. The van der Waals surface area contributed by atoms with Gasteiger partial charge < -0.3 is 10.0 Å². The Morgan fingerprint density at radius 2 is 2.23 bits per heavy atom. The molecule has 1 aliphatic rings. The minimum Gasteiger partial charge on any atom is -0.386 e. The van der Waals surface area contributed by atoms with Crippen molar-refractivity contribution in [2.45, 2.75) is 18.9 Å². The summed E-state index contributed by atoms with van der Waals surface area (Å²) in [5.41, 5.74) is 0. The zero-order valence-electron chi connectivity index (χ0n) is 7.65. The molecule has 0 saturated carbocycles. The van der Waals surface area contributed by atoms with Crippen LogP contribution in [0.5, 0.6) is 0 Å². The predicted octanol–water partition coefficient (Wildman–Crippen LogP) is 1.88. The Kier molecular flexibility index (Phi) is 2.98. The van der Waals surface area contributed by atoms with Crippen LogP contribution in [0.1, 0.15) is 23.8 Å². The van der Waals surface area contributed by atoms with Gasteiger partial charge in [0.2, 0.25) is 0 Å². The second-order valence-electron chi connectivity index (χ2n) is 3.54. The van der Waals surface area contributed by atoms with E-state index >= 15 is 0 Å². The Morgan fingerprint density at radius 3 is 2.85 bits per heavy atom. The number of hydrogen-bond acceptors (Lipinski definition) is 3. The zero-order valence-corrected chi connectivity index (χ0v) is 8.46. The Bertz CT molecular complexity index is 241. The van der Waals surface area contributed by atoms with Crippen LogP contribution in [0.2, 0.25) is 0 Å². The van der Waals surface area contributed by atoms with Crippen molar-refractivity contribution in [2.75, 3.05) is 19.6 Å². The molecule has 1 N–H and O–H groups in total. The summed E-state index contributed by atoms with van der Waals surface area (Å²) in [6, 6.07) is 4.00. The molecular weight excluding hydrogens is 182 g/mol. The van der Waals surface area contributed by atoms with E-state index in [2.05, 4.69) is 4.90 Å². The summed E-state index contributed by atoms with van der Waals surface area (Å²) in [5, 5.41) is 11.9. The molecule has 3 heteroatoms. The van der Waals surface area contributed by atoms with E-state index < -0.39 is 0 Å². The van der Waals surface area contributed by atoms with Gasteiger partial charge in [0, 0.05) is 11.4 Å². The molecule has 1 saturated heterocycles. The highest BCUT2D eigenvalue weighted by molar-refractivity contribution is 7.10. The maximum absolute atomic E-state index is 9.84. The maximum atomic E-state index is 9.84. The van der Waals surface area contributed by atoms with E-state index in [4.69, 9.17) is 0 Å². The lowest BCUT2D eigenvalue weighted by molar-refractivity contribution is 0.129. The van der Waals surface area contributed by atoms with Crippen molar-refractivity contribution in [3.05, 3.63) is 22.4 Å². The van der Waals surface area contributed by atoms with E-state index in [0.29, 0.717) is 0 Å². The number of aliphatic hydroxyl groups excluding tert-OH is 1. The van der Waals surface area contributed by atoms with Gasteiger partial charge in [0.15, 0.2) is 0 Å². The van der Waals surface area contributed by atoms with Crippen LogP contribution < -0.4 is 0 Å². The number of likely N-dealkylation sites (tertiary alicyclic amines) is 1. The molecule has 1 unspecified atom stereocenters. The molecule has 1 aliphatic heterocycles. The molecule has 1 aromatic heterocycles. The Morgan fingerprint density at radius 1 is 1.46 bits per heavy atom. The van der Waals surface area contributed by atoms with Crippen molar-refractivity contribution >= 4 is 11.3 Å². The predicted molar refractivity (Wildman–Crippen MR) is 55.0 cm³/mol. The SMILES string of the molecule is OC(CN1CCCC1)c1cccs1. The number of thiophene rings is 1. The molecule has 72 valence electrons. The second kappa shape index (κ2) is 4.22. The van der Waals surface area contributed by atoms with E-state index in [9.17, 15) is 5.11 Å². The molecule has 0 amide bonds. The first-order chi connectivity index (χ1) is 6.36. The molecule has 1 aromatic rings. The molecule has 0 aromatic carbocycles. The van der Waals surface area contributed by atoms with Gasteiger partial charge in [-0.25, -0.2) is 0 Å². The van der Waals surface area contributed by atoms with Crippen LogP contribution >= 0.6 is 11.3 Å². The maximum Gasteiger partial charge on any atom is 0.101 e. The number of rotatable bonds is 3. The van der Waals surface area contributed by atoms with Crippen molar-refractivity contribution in [1.29, 1.82) is 0 Å². The molecule has 2 heterocycles. The first-order valence-electron chi connectivity index (χ1n) is 4.80. The fraction of sp³-hybridized carbons (Fsp3) is 0.600. The first kappa shape index (κ1) is 9.19. The van der Waals surface area contributed by atoms with Crippen LogP contribution in [-0.2, 0) is 0 Å². The van der Waals surface area contributed by atoms with Gasteiger partial charge in [-0.2, -0.15) is 0 Å². The lowest BCUT2D eigenvalue weighted by Crippen LogP contribution is -2.24. The topological polar surface area (TPSA) is 23.5 Å². The molecule has 0 radical (unpaired) electrons. The third kappa shape index (κ3) is 2.30. The smallest absolute Gasteiger partial charge is 0.101 e. The minimum absolute atomic E-state index is 0.280. The Labute approximate surface area is 82.8 Å². The fourth-order valence-corrected chi connectivity index (χ4v) is 2.48. The van der Waals surface area contributed by atoms with Crippen LogP contribution in [0.15, 0.2) is 17.5 Å². The van der Waals surface area contributed by atoms with Gasteiger partial charge >= 0.3 is 0 Å². The fourth-order valence-electron chi connectivity index (χ4n) is 1.78. The summed E-state index contributed by atoms with van der Waals surface area (Å²) in [6.07, 6.45) is 2.30. The van der Waals surface area contributed by atoms with Gasteiger partial charge in [0.25, 0.3) is 0 Å². The highest BCUT2D eigenvalue weighted by Crippen LogP contribution is 2.21. The normalized spacial score (nSPS) is 20.7. The Hall–Kier alpha value is -0.380. The molecule has 2 rings (SSSR count). The molecule has 0 spiro atoms. The molecule has 0 bridgehead atoms. The largest absolute Gasteiger partial charge is 0.386 e. The monoisotopic (exact) mass is 197 g/mol. The summed E-state index contributed by atoms with van der Waals surface area (Å²) < 4.78 is 0. The lowest BCUT2D eigenvalue weighted by Gasteiger charge is -2.18. The molecule has 13 heavy (non-hydrogen) atoms. The zero-order chi connectivity index (χ0) is 9.10. The Balaban J connectivity index is 1.87. The summed E-state index contributed by atoms with van der Waals surface area (Å²) in [6.45, 7) is 3.12. The number of β-amino-alcohol motifs (C(OH)–C–C–N with tert-alkyl or cyclic N) is 1. The van der Waals surface area contributed by atoms with Gasteiger partial charge in [-0.3, -0.25) is 0 Å². The van der Waals surface area contributed by atoms with Crippen LogP contribution in [0, 0.1) is 0 Å². The van der Waals surface area contributed by atoms with Crippen molar-refractivity contribution in [1.82, 2.24) is 4.90 Å². The summed E-state index contributed by atoms with van der Waals surface area (Å²) >= 11 is 1.64. The van der Waals surface area contributed by atoms with Gasteiger partial charge in [-0.05, 0) is 37.4 Å². The summed E-state index contributed by atoms with van der Waals surface area (Å²) in [4.78, 5) is 3.43. The van der Waals surface area contributed by atoms with E-state index in [1.807, 2.05) is 17.5 Å². The van der Waals surface area contributed by atoms with Crippen LogP contribution in [0.25, 0.3) is 0 Å². The van der Waals surface area contributed by atoms with E-state index in [-0.39, 0.29) is 6.10 Å². The summed E-state index contributed by atoms with van der Waals surface area (Å²) in [7, 11) is 0. The minimum atomic E-state index is -0.280. The summed E-state index contributed by atoms with van der Waals surface area (Å²) in [5.74, 6) is 0. The van der Waals surface area contributed by atoms with Gasteiger partial charge in [-0.1, -0.05) is 6.07 Å². The highest BCUT2D eigenvalue weighted by atomic mass is 32.1. The highest BCUT2D eigenvalue weighted by Gasteiger charge is 2.17. The number of aliphatic hydroxyl groups is 1. The third-order valence-electron chi connectivity index (χ3n) is 2.50. The molecule has 0 aliphatic carbocycles. The van der Waals surface area contributed by atoms with Crippen molar-refractivity contribution < 1.29 is 5.11 Å². The van der Waals surface area contributed by atoms with E-state index in [1.165, 1.54) is 12.8 Å². The van der Waals surface area contributed by atoms with Crippen molar-refractivity contribution in [3.8, 4) is 0 Å². The lowest BCUT2D eigenvalue weighted by atomic mass is 10.3. The number of hydrogen-bond donors (Lipinski definition) is 1. The second-order valence-corrected chi connectivity index (χ2v) is 4.52. The average molecular weight is 197 g/mol. The first-order valence-corrected chi connectivity index (χ1v) is 5.68. The van der Waals surface area contributed by atoms with Gasteiger partial charge in [-0.15, -0.1) is 11.3 Å². The molecule has 1 atom stereocenters. The average Bonchev–Trinajstić information content (AvgIpc) is 2.74.